The Labute approximate surface area is 133 Å². The van der Waals surface area contributed by atoms with Crippen LogP contribution in [0.15, 0.2) is 18.2 Å². The van der Waals surface area contributed by atoms with Crippen LogP contribution in [0.25, 0.3) is 0 Å². The van der Waals surface area contributed by atoms with E-state index in [-0.39, 0.29) is 12.1 Å². The second-order valence-corrected chi connectivity index (χ2v) is 7.45. The lowest BCUT2D eigenvalue weighted by Gasteiger charge is -2.35. The Bertz CT molecular complexity index is 470. The topological polar surface area (TPSA) is 35.5 Å². The largest absolute Gasteiger partial charge is 0.396 e. The Morgan fingerprint density at radius 2 is 2.14 bits per heavy atom. The maximum absolute atomic E-state index is 9.42. The van der Waals surface area contributed by atoms with Crippen LogP contribution in [0.2, 0.25) is 5.02 Å². The third kappa shape index (κ3) is 4.87. The van der Waals surface area contributed by atoms with Crippen molar-refractivity contribution in [3.63, 3.8) is 0 Å². The molecule has 0 radical (unpaired) electrons. The fourth-order valence-electron chi connectivity index (χ4n) is 2.77. The number of hydrogen-bond donors (Lipinski definition) is 2. The zero-order valence-electron chi connectivity index (χ0n) is 13.3. The second kappa shape index (κ2) is 6.99. The first kappa shape index (κ1) is 16.6. The van der Waals surface area contributed by atoms with E-state index in [9.17, 15) is 5.11 Å². The van der Waals surface area contributed by atoms with Gasteiger partial charge >= 0.3 is 0 Å². The molecule has 0 spiro atoms. The molecule has 2 rings (SSSR count). The van der Waals surface area contributed by atoms with Gasteiger partial charge in [0.05, 0.1) is 0 Å². The van der Waals surface area contributed by atoms with E-state index < -0.39 is 0 Å². The van der Waals surface area contributed by atoms with Crippen molar-refractivity contribution in [3.05, 3.63) is 28.8 Å². The van der Waals surface area contributed by atoms with E-state index in [4.69, 9.17) is 11.6 Å². The van der Waals surface area contributed by atoms with E-state index in [2.05, 4.69) is 43.1 Å². The first-order chi connectivity index (χ1) is 9.89. The summed E-state index contributed by atoms with van der Waals surface area (Å²) in [7, 11) is 0. The number of piperidine rings is 1. The summed E-state index contributed by atoms with van der Waals surface area (Å²) >= 11 is 6.20. The van der Waals surface area contributed by atoms with Gasteiger partial charge in [-0.1, -0.05) is 17.7 Å². The Morgan fingerprint density at radius 1 is 1.38 bits per heavy atom. The zero-order chi connectivity index (χ0) is 15.5. The molecule has 1 aromatic rings. The Kier molecular flexibility index (Phi) is 5.53. The smallest absolute Gasteiger partial charge is 0.0476 e. The van der Waals surface area contributed by atoms with Gasteiger partial charge in [0.2, 0.25) is 0 Å². The van der Waals surface area contributed by atoms with Gasteiger partial charge in [0.15, 0.2) is 0 Å². The van der Waals surface area contributed by atoms with Gasteiger partial charge in [0.1, 0.15) is 0 Å². The van der Waals surface area contributed by atoms with E-state index in [0.29, 0.717) is 5.92 Å². The van der Waals surface area contributed by atoms with Crippen molar-refractivity contribution in [1.82, 2.24) is 5.32 Å². The average molecular weight is 311 g/mol. The maximum Gasteiger partial charge on any atom is 0.0476 e. The first-order valence-electron chi connectivity index (χ1n) is 7.78. The van der Waals surface area contributed by atoms with Crippen molar-refractivity contribution >= 4 is 17.3 Å². The normalized spacial score (nSPS) is 19.9. The molecule has 2 N–H and O–H groups in total. The highest BCUT2D eigenvalue weighted by atomic mass is 35.5. The molecule has 1 aliphatic rings. The van der Waals surface area contributed by atoms with Crippen LogP contribution in [-0.2, 0) is 6.54 Å². The molecular formula is C17H27ClN2O. The molecule has 1 atom stereocenters. The molecule has 0 saturated carbocycles. The lowest BCUT2D eigenvalue weighted by atomic mass is 9.97. The Hall–Kier alpha value is -0.770. The van der Waals surface area contributed by atoms with Gasteiger partial charge in [-0.2, -0.15) is 0 Å². The first-order valence-corrected chi connectivity index (χ1v) is 8.16. The van der Waals surface area contributed by atoms with Crippen LogP contribution in [0.3, 0.4) is 0 Å². The third-order valence-electron chi connectivity index (χ3n) is 3.97. The minimum atomic E-state index is 0.0897. The molecule has 1 aromatic carbocycles. The second-order valence-electron chi connectivity index (χ2n) is 7.01. The number of anilines is 1. The van der Waals surface area contributed by atoms with Gasteiger partial charge in [0.25, 0.3) is 0 Å². The molecule has 3 nitrogen and oxygen atoms in total. The number of benzene rings is 1. The molecule has 1 unspecified atom stereocenters. The fraction of sp³-hybridized carbons (Fsp3) is 0.647. The van der Waals surface area contributed by atoms with Gasteiger partial charge < -0.3 is 15.3 Å². The minimum Gasteiger partial charge on any atom is -0.396 e. The number of hydrogen-bond acceptors (Lipinski definition) is 3. The van der Waals surface area contributed by atoms with Gasteiger partial charge in [0, 0.05) is 42.5 Å². The summed E-state index contributed by atoms with van der Waals surface area (Å²) in [6.45, 7) is 9.57. The van der Waals surface area contributed by atoms with Gasteiger partial charge in [-0.15, -0.1) is 0 Å². The summed E-state index contributed by atoms with van der Waals surface area (Å²) in [5.74, 6) is 0.376. The van der Waals surface area contributed by atoms with Crippen LogP contribution < -0.4 is 10.2 Å². The highest BCUT2D eigenvalue weighted by Gasteiger charge is 2.22. The highest BCUT2D eigenvalue weighted by Crippen LogP contribution is 2.29. The van der Waals surface area contributed by atoms with Crippen LogP contribution in [0.1, 0.15) is 39.2 Å². The highest BCUT2D eigenvalue weighted by molar-refractivity contribution is 6.30. The number of aliphatic hydroxyl groups excluding tert-OH is 1. The molecule has 1 heterocycles. The van der Waals surface area contributed by atoms with E-state index >= 15 is 0 Å². The molecule has 1 fully saturated rings. The summed E-state index contributed by atoms with van der Waals surface area (Å²) in [6, 6.07) is 6.12. The standard InChI is InChI=1S/C17H27ClN2O/c1-17(2,3)19-10-14-6-7-15(18)9-16(14)20-8-4-5-13(11-20)12-21/h6-7,9,13,19,21H,4-5,8,10-12H2,1-3H3. The predicted molar refractivity (Wildman–Crippen MR) is 90.1 cm³/mol. The van der Waals surface area contributed by atoms with Crippen LogP contribution >= 0.6 is 11.6 Å². The maximum atomic E-state index is 9.42. The molecule has 118 valence electrons. The third-order valence-corrected chi connectivity index (χ3v) is 4.21. The van der Waals surface area contributed by atoms with Crippen LogP contribution in [0, 0.1) is 5.92 Å². The van der Waals surface area contributed by atoms with E-state index in [1.54, 1.807) is 0 Å². The summed E-state index contributed by atoms with van der Waals surface area (Å²) in [4.78, 5) is 2.37. The molecule has 0 amide bonds. The predicted octanol–water partition coefficient (Wildman–Crippen LogP) is 3.44. The Morgan fingerprint density at radius 3 is 2.81 bits per heavy atom. The van der Waals surface area contributed by atoms with Gasteiger partial charge in [-0.05, 0) is 57.2 Å². The lowest BCUT2D eigenvalue weighted by Crippen LogP contribution is -2.39. The molecule has 0 bridgehead atoms. The number of halogens is 1. The van der Waals surface area contributed by atoms with Crippen molar-refractivity contribution < 1.29 is 5.11 Å². The van der Waals surface area contributed by atoms with Gasteiger partial charge in [-0.25, -0.2) is 0 Å². The SMILES string of the molecule is CC(C)(C)NCc1ccc(Cl)cc1N1CCCC(CO)C1. The lowest BCUT2D eigenvalue weighted by molar-refractivity contribution is 0.208. The average Bonchev–Trinajstić information content (AvgIpc) is 2.45. The van der Waals surface area contributed by atoms with Gasteiger partial charge in [-0.3, -0.25) is 0 Å². The van der Waals surface area contributed by atoms with Crippen molar-refractivity contribution in [2.45, 2.75) is 45.7 Å². The number of nitrogens with one attached hydrogen (secondary N) is 1. The van der Waals surface area contributed by atoms with Crippen molar-refractivity contribution in [1.29, 1.82) is 0 Å². The minimum absolute atomic E-state index is 0.0897. The Balaban J connectivity index is 2.18. The molecule has 21 heavy (non-hydrogen) atoms. The van der Waals surface area contributed by atoms with Crippen molar-refractivity contribution in [3.8, 4) is 0 Å². The zero-order valence-corrected chi connectivity index (χ0v) is 14.1. The van der Waals surface area contributed by atoms with E-state index in [1.807, 2.05) is 6.07 Å². The van der Waals surface area contributed by atoms with Crippen LogP contribution in [-0.4, -0.2) is 30.3 Å². The molecule has 0 aromatic heterocycles. The van der Waals surface area contributed by atoms with E-state index in [1.165, 1.54) is 11.3 Å². The molecule has 1 aliphatic heterocycles. The number of rotatable bonds is 4. The fourth-order valence-corrected chi connectivity index (χ4v) is 2.94. The monoisotopic (exact) mass is 310 g/mol. The summed E-state index contributed by atoms with van der Waals surface area (Å²) < 4.78 is 0. The van der Waals surface area contributed by atoms with Crippen molar-refractivity contribution in [2.24, 2.45) is 5.92 Å². The summed E-state index contributed by atoms with van der Waals surface area (Å²) in [5, 5.41) is 13.7. The van der Waals surface area contributed by atoms with E-state index in [0.717, 1.165) is 37.5 Å². The van der Waals surface area contributed by atoms with Crippen LogP contribution in [0.4, 0.5) is 5.69 Å². The molecule has 0 aliphatic carbocycles. The molecular weight excluding hydrogens is 284 g/mol. The quantitative estimate of drug-likeness (QED) is 0.894. The van der Waals surface area contributed by atoms with Crippen molar-refractivity contribution in [2.75, 3.05) is 24.6 Å². The number of aliphatic hydroxyl groups is 1. The summed E-state index contributed by atoms with van der Waals surface area (Å²) in [5.41, 5.74) is 2.57. The molecule has 1 saturated heterocycles. The molecule has 4 heteroatoms. The van der Waals surface area contributed by atoms with Crippen LogP contribution in [0.5, 0.6) is 0 Å². The number of nitrogens with zero attached hydrogens (tertiary/aromatic N) is 1. The summed E-state index contributed by atoms with van der Waals surface area (Å²) in [6.07, 6.45) is 2.24.